The first kappa shape index (κ1) is 19.0. The maximum atomic E-state index is 12.0. The second kappa shape index (κ2) is 8.66. The molecule has 0 aliphatic carbocycles. The van der Waals surface area contributed by atoms with E-state index in [1.165, 1.54) is 6.92 Å². The number of benzene rings is 2. The fourth-order valence-electron chi connectivity index (χ4n) is 2.31. The van der Waals surface area contributed by atoms with Gasteiger partial charge >= 0.3 is 0 Å². The van der Waals surface area contributed by atoms with Crippen molar-refractivity contribution in [3.05, 3.63) is 59.2 Å². The summed E-state index contributed by atoms with van der Waals surface area (Å²) in [5.74, 6) is -0.489. The Labute approximate surface area is 151 Å². The van der Waals surface area contributed by atoms with E-state index in [2.05, 4.69) is 16.2 Å². The molecule has 0 aliphatic rings. The van der Waals surface area contributed by atoms with Crippen LogP contribution in [0.25, 0.3) is 0 Å². The molecule has 0 bridgehead atoms. The Morgan fingerprint density at radius 2 is 1.54 bits per heavy atom. The number of carbonyl (C=O) groups excluding carboxylic acids is 3. The van der Waals surface area contributed by atoms with Crippen molar-refractivity contribution < 1.29 is 19.1 Å². The van der Waals surface area contributed by atoms with Crippen molar-refractivity contribution in [3.8, 4) is 5.75 Å². The van der Waals surface area contributed by atoms with Crippen molar-refractivity contribution in [3.63, 3.8) is 0 Å². The minimum atomic E-state index is -0.476. The lowest BCUT2D eigenvalue weighted by Crippen LogP contribution is -2.43. The predicted octanol–water partition coefficient (Wildman–Crippen LogP) is 2.10. The molecule has 26 heavy (non-hydrogen) atoms. The maximum absolute atomic E-state index is 12.0. The standard InChI is InChI=1S/C19H21N3O4/c1-12-5-4-6-13(2)18(12)26-11-17(24)21-22-19(25)15-7-9-16(10-8-15)20-14(3)23/h4-10H,11H2,1-3H3,(H,20,23)(H,21,24)(H,22,25). The van der Waals surface area contributed by atoms with Crippen LogP contribution in [0.1, 0.15) is 28.4 Å². The van der Waals surface area contributed by atoms with Crippen LogP contribution in [0.4, 0.5) is 5.69 Å². The van der Waals surface area contributed by atoms with Gasteiger partial charge in [0.15, 0.2) is 6.61 Å². The van der Waals surface area contributed by atoms with Crippen LogP contribution in [0.3, 0.4) is 0 Å². The number of hydrogen-bond acceptors (Lipinski definition) is 4. The Hall–Kier alpha value is -3.35. The Kier molecular flexibility index (Phi) is 6.32. The molecule has 2 rings (SSSR count). The fraction of sp³-hybridized carbons (Fsp3) is 0.211. The molecule has 0 saturated carbocycles. The fourth-order valence-corrected chi connectivity index (χ4v) is 2.31. The normalized spacial score (nSPS) is 9.96. The largest absolute Gasteiger partial charge is 0.483 e. The predicted molar refractivity (Wildman–Crippen MR) is 97.8 cm³/mol. The minimum Gasteiger partial charge on any atom is -0.483 e. The van der Waals surface area contributed by atoms with Crippen LogP contribution in [-0.2, 0) is 9.59 Å². The highest BCUT2D eigenvalue weighted by atomic mass is 16.5. The van der Waals surface area contributed by atoms with E-state index in [4.69, 9.17) is 4.74 Å². The number of aryl methyl sites for hydroxylation is 2. The van der Waals surface area contributed by atoms with Crippen molar-refractivity contribution in [2.75, 3.05) is 11.9 Å². The lowest BCUT2D eigenvalue weighted by Gasteiger charge is -2.12. The van der Waals surface area contributed by atoms with Gasteiger partial charge in [0.1, 0.15) is 5.75 Å². The summed E-state index contributed by atoms with van der Waals surface area (Å²) in [5, 5.41) is 2.61. The molecule has 0 saturated heterocycles. The van der Waals surface area contributed by atoms with Gasteiger partial charge in [0, 0.05) is 18.2 Å². The Morgan fingerprint density at radius 1 is 0.923 bits per heavy atom. The first-order valence-corrected chi connectivity index (χ1v) is 8.02. The summed E-state index contributed by atoms with van der Waals surface area (Å²) in [6.45, 7) is 4.98. The summed E-state index contributed by atoms with van der Waals surface area (Å²) in [6.07, 6.45) is 0. The quantitative estimate of drug-likeness (QED) is 0.716. The zero-order valence-corrected chi connectivity index (χ0v) is 14.9. The molecule has 0 spiro atoms. The van der Waals surface area contributed by atoms with Gasteiger partial charge in [0.05, 0.1) is 0 Å². The Morgan fingerprint density at radius 3 is 2.12 bits per heavy atom. The third kappa shape index (κ3) is 5.34. The summed E-state index contributed by atoms with van der Waals surface area (Å²) < 4.78 is 5.52. The molecule has 136 valence electrons. The zero-order valence-electron chi connectivity index (χ0n) is 14.9. The van der Waals surface area contributed by atoms with Crippen LogP contribution in [0.2, 0.25) is 0 Å². The highest BCUT2D eigenvalue weighted by molar-refractivity contribution is 5.96. The van der Waals surface area contributed by atoms with E-state index in [0.29, 0.717) is 17.0 Å². The summed E-state index contributed by atoms with van der Waals surface area (Å²) in [7, 11) is 0. The summed E-state index contributed by atoms with van der Waals surface area (Å²) in [4.78, 5) is 34.8. The van der Waals surface area contributed by atoms with Gasteiger partial charge in [0.25, 0.3) is 11.8 Å². The Balaban J connectivity index is 1.83. The molecule has 2 aromatic rings. The van der Waals surface area contributed by atoms with E-state index in [1.54, 1.807) is 24.3 Å². The topological polar surface area (TPSA) is 96.5 Å². The summed E-state index contributed by atoms with van der Waals surface area (Å²) in [6, 6.07) is 12.0. The van der Waals surface area contributed by atoms with Gasteiger partial charge in [-0.3, -0.25) is 25.2 Å². The monoisotopic (exact) mass is 355 g/mol. The van der Waals surface area contributed by atoms with E-state index in [1.807, 2.05) is 32.0 Å². The number of hydrogen-bond donors (Lipinski definition) is 3. The molecule has 2 aromatic carbocycles. The average Bonchev–Trinajstić information content (AvgIpc) is 2.59. The molecule has 0 heterocycles. The molecular weight excluding hydrogens is 334 g/mol. The van der Waals surface area contributed by atoms with Gasteiger partial charge in [0.2, 0.25) is 5.91 Å². The molecule has 0 fully saturated rings. The van der Waals surface area contributed by atoms with Crippen molar-refractivity contribution in [2.24, 2.45) is 0 Å². The molecule has 7 heteroatoms. The van der Waals surface area contributed by atoms with Gasteiger partial charge in [-0.15, -0.1) is 0 Å². The van der Waals surface area contributed by atoms with E-state index in [9.17, 15) is 14.4 Å². The van der Waals surface area contributed by atoms with E-state index >= 15 is 0 Å². The molecule has 3 amide bonds. The maximum Gasteiger partial charge on any atom is 0.276 e. The van der Waals surface area contributed by atoms with Crippen molar-refractivity contribution in [1.29, 1.82) is 0 Å². The third-order valence-corrected chi connectivity index (χ3v) is 3.54. The van der Waals surface area contributed by atoms with Gasteiger partial charge < -0.3 is 10.1 Å². The molecule has 0 aromatic heterocycles. The number of ether oxygens (including phenoxy) is 1. The van der Waals surface area contributed by atoms with Crippen molar-refractivity contribution in [2.45, 2.75) is 20.8 Å². The number of nitrogens with one attached hydrogen (secondary N) is 3. The molecule has 0 unspecified atom stereocenters. The number of carbonyl (C=O) groups is 3. The highest BCUT2D eigenvalue weighted by Crippen LogP contribution is 2.21. The van der Waals surface area contributed by atoms with E-state index in [-0.39, 0.29) is 12.5 Å². The molecule has 0 radical (unpaired) electrons. The number of para-hydroxylation sites is 1. The smallest absolute Gasteiger partial charge is 0.276 e. The van der Waals surface area contributed by atoms with Crippen molar-refractivity contribution >= 4 is 23.4 Å². The van der Waals surface area contributed by atoms with Crippen LogP contribution < -0.4 is 20.9 Å². The van der Waals surface area contributed by atoms with E-state index in [0.717, 1.165) is 11.1 Å². The third-order valence-electron chi connectivity index (χ3n) is 3.54. The molecule has 3 N–H and O–H groups in total. The second-order valence-corrected chi connectivity index (χ2v) is 5.77. The first-order valence-electron chi connectivity index (χ1n) is 8.02. The number of amides is 3. The summed E-state index contributed by atoms with van der Waals surface area (Å²) >= 11 is 0. The van der Waals surface area contributed by atoms with Gasteiger partial charge in [-0.1, -0.05) is 18.2 Å². The number of anilines is 1. The molecule has 0 atom stereocenters. The Bertz CT molecular complexity index is 796. The van der Waals surface area contributed by atoms with Crippen LogP contribution in [0.15, 0.2) is 42.5 Å². The van der Waals surface area contributed by atoms with Gasteiger partial charge in [-0.05, 0) is 49.2 Å². The molecule has 0 aliphatic heterocycles. The van der Waals surface area contributed by atoms with Gasteiger partial charge in [-0.2, -0.15) is 0 Å². The van der Waals surface area contributed by atoms with Crippen LogP contribution >= 0.6 is 0 Å². The second-order valence-electron chi connectivity index (χ2n) is 5.77. The zero-order chi connectivity index (χ0) is 19.1. The average molecular weight is 355 g/mol. The number of hydrazine groups is 1. The lowest BCUT2D eigenvalue weighted by atomic mass is 10.1. The molecular formula is C19H21N3O4. The lowest BCUT2D eigenvalue weighted by molar-refractivity contribution is -0.123. The van der Waals surface area contributed by atoms with Gasteiger partial charge in [-0.25, -0.2) is 0 Å². The SMILES string of the molecule is CC(=O)Nc1ccc(C(=O)NNC(=O)COc2c(C)cccc2C)cc1. The van der Waals surface area contributed by atoms with Crippen LogP contribution in [0, 0.1) is 13.8 Å². The van der Waals surface area contributed by atoms with E-state index < -0.39 is 11.8 Å². The van der Waals surface area contributed by atoms with Crippen molar-refractivity contribution in [1.82, 2.24) is 10.9 Å². The minimum absolute atomic E-state index is 0.196. The summed E-state index contributed by atoms with van der Waals surface area (Å²) in [5.41, 5.74) is 7.41. The highest BCUT2D eigenvalue weighted by Gasteiger charge is 2.10. The molecule has 7 nitrogen and oxygen atoms in total. The first-order chi connectivity index (χ1) is 12.4. The van der Waals surface area contributed by atoms with Crippen LogP contribution in [0.5, 0.6) is 5.75 Å². The van der Waals surface area contributed by atoms with Crippen LogP contribution in [-0.4, -0.2) is 24.3 Å². The number of rotatable bonds is 5.